The molecule has 0 unspecified atom stereocenters. The molecule has 108 valence electrons. The molecule has 0 fully saturated rings. The van der Waals surface area contributed by atoms with Gasteiger partial charge in [0, 0.05) is 31.9 Å². The number of carboxylic acid groups (broad SMARTS) is 1. The Kier molecular flexibility index (Phi) is 6.09. The summed E-state index contributed by atoms with van der Waals surface area (Å²) in [6, 6.07) is 5.29. The first-order chi connectivity index (χ1) is 9.45. The Morgan fingerprint density at radius 1 is 1.50 bits per heavy atom. The van der Waals surface area contributed by atoms with E-state index in [0.29, 0.717) is 5.56 Å². The van der Waals surface area contributed by atoms with E-state index in [1.807, 2.05) is 6.07 Å². The van der Waals surface area contributed by atoms with Crippen molar-refractivity contribution in [2.75, 3.05) is 12.3 Å². The summed E-state index contributed by atoms with van der Waals surface area (Å²) in [5.41, 5.74) is 0.685. The number of nitrogens with zero attached hydrogens (tertiary/aromatic N) is 3. The van der Waals surface area contributed by atoms with Crippen LogP contribution in [0.4, 0.5) is 0 Å². The van der Waals surface area contributed by atoms with Crippen molar-refractivity contribution >= 4 is 16.0 Å². The summed E-state index contributed by atoms with van der Waals surface area (Å²) < 4.78 is 25.3. The van der Waals surface area contributed by atoms with Crippen LogP contribution in [0.25, 0.3) is 0 Å². The van der Waals surface area contributed by atoms with Crippen molar-refractivity contribution < 1.29 is 18.3 Å². The van der Waals surface area contributed by atoms with Crippen LogP contribution in [-0.4, -0.2) is 41.1 Å². The molecule has 8 heteroatoms. The maximum absolute atomic E-state index is 12.1. The fourth-order valence-corrected chi connectivity index (χ4v) is 2.94. The third-order valence-corrected chi connectivity index (χ3v) is 4.34. The molecule has 0 aliphatic rings. The summed E-state index contributed by atoms with van der Waals surface area (Å²) in [6.07, 6.45) is 2.69. The van der Waals surface area contributed by atoms with Crippen LogP contribution in [0.1, 0.15) is 18.4 Å². The molecular formula is C12H15N3O4S. The van der Waals surface area contributed by atoms with Crippen LogP contribution >= 0.6 is 0 Å². The molecular weight excluding hydrogens is 282 g/mol. The van der Waals surface area contributed by atoms with E-state index in [4.69, 9.17) is 10.4 Å². The number of sulfonamides is 1. The van der Waals surface area contributed by atoms with Gasteiger partial charge >= 0.3 is 5.97 Å². The van der Waals surface area contributed by atoms with Crippen molar-refractivity contribution in [3.8, 4) is 6.07 Å². The highest BCUT2D eigenvalue weighted by atomic mass is 32.2. The Balaban J connectivity index is 2.83. The minimum Gasteiger partial charge on any atom is -0.481 e. The number of aromatic nitrogens is 1. The molecule has 0 saturated carbocycles. The molecule has 0 aliphatic carbocycles. The number of hydrogen-bond acceptors (Lipinski definition) is 5. The molecule has 0 saturated heterocycles. The van der Waals surface area contributed by atoms with Crippen LogP contribution in [0.15, 0.2) is 24.5 Å². The van der Waals surface area contributed by atoms with Crippen molar-refractivity contribution in [3.05, 3.63) is 30.1 Å². The lowest BCUT2D eigenvalue weighted by molar-refractivity contribution is -0.136. The maximum atomic E-state index is 12.1. The van der Waals surface area contributed by atoms with Gasteiger partial charge in [0.25, 0.3) is 0 Å². The molecule has 1 heterocycles. The van der Waals surface area contributed by atoms with Gasteiger partial charge in [-0.3, -0.25) is 9.78 Å². The standard InChI is InChI=1S/C12H15N3O4S/c13-5-2-7-15(10-11-3-1-6-14-9-11)20(18,19)8-4-12(16)17/h1,3,6,9H,2,4,7-8,10H2,(H,16,17). The predicted octanol–water partition coefficient (Wildman–Crippen LogP) is 0.602. The zero-order valence-corrected chi connectivity index (χ0v) is 11.6. The molecule has 0 aliphatic heterocycles. The lowest BCUT2D eigenvalue weighted by Gasteiger charge is -2.20. The molecule has 0 atom stereocenters. The van der Waals surface area contributed by atoms with E-state index < -0.39 is 28.2 Å². The number of aliphatic carboxylic acids is 1. The van der Waals surface area contributed by atoms with Gasteiger partial charge in [-0.1, -0.05) is 6.07 Å². The molecule has 1 N–H and O–H groups in total. The van der Waals surface area contributed by atoms with Gasteiger partial charge in [-0.25, -0.2) is 8.42 Å². The summed E-state index contributed by atoms with van der Waals surface area (Å²) in [5, 5.41) is 17.2. The van der Waals surface area contributed by atoms with E-state index in [9.17, 15) is 13.2 Å². The molecule has 1 aromatic rings. The van der Waals surface area contributed by atoms with E-state index >= 15 is 0 Å². The SMILES string of the molecule is N#CCCN(Cc1cccnc1)S(=O)(=O)CCC(=O)O. The highest BCUT2D eigenvalue weighted by molar-refractivity contribution is 7.89. The quantitative estimate of drug-likeness (QED) is 0.752. The number of rotatable bonds is 8. The highest BCUT2D eigenvalue weighted by Gasteiger charge is 2.23. The van der Waals surface area contributed by atoms with Gasteiger partial charge in [0.2, 0.25) is 10.0 Å². The third-order valence-electron chi connectivity index (χ3n) is 2.52. The van der Waals surface area contributed by atoms with Gasteiger partial charge in [-0.2, -0.15) is 9.57 Å². The second-order valence-electron chi connectivity index (χ2n) is 4.06. The van der Waals surface area contributed by atoms with Crippen molar-refractivity contribution in [3.63, 3.8) is 0 Å². The first-order valence-corrected chi connectivity index (χ1v) is 7.52. The first-order valence-electron chi connectivity index (χ1n) is 5.91. The third kappa shape index (κ3) is 5.34. The number of pyridine rings is 1. The summed E-state index contributed by atoms with van der Waals surface area (Å²) in [4.78, 5) is 14.4. The second-order valence-corrected chi connectivity index (χ2v) is 6.15. The zero-order chi connectivity index (χ0) is 15.0. The number of nitriles is 1. The molecule has 7 nitrogen and oxygen atoms in total. The average molecular weight is 297 g/mol. The van der Waals surface area contributed by atoms with Crippen LogP contribution in [0.2, 0.25) is 0 Å². The summed E-state index contributed by atoms with van der Waals surface area (Å²) in [6.45, 7) is 0.116. The molecule has 1 rings (SSSR count). The lowest BCUT2D eigenvalue weighted by atomic mass is 10.3. The molecule has 0 aromatic carbocycles. The Bertz CT molecular complexity index is 580. The van der Waals surface area contributed by atoms with Gasteiger partial charge in [0.15, 0.2) is 0 Å². The molecule has 0 radical (unpaired) electrons. The largest absolute Gasteiger partial charge is 0.481 e. The molecule has 1 aromatic heterocycles. The topological polar surface area (TPSA) is 111 Å². The normalized spacial score (nSPS) is 11.2. The number of carbonyl (C=O) groups is 1. The summed E-state index contributed by atoms with van der Waals surface area (Å²) in [5.74, 6) is -1.65. The molecule has 20 heavy (non-hydrogen) atoms. The van der Waals surface area contributed by atoms with E-state index in [2.05, 4.69) is 4.98 Å². The van der Waals surface area contributed by atoms with Gasteiger partial charge in [0.05, 0.1) is 18.2 Å². The predicted molar refractivity (Wildman–Crippen MR) is 70.9 cm³/mol. The fourth-order valence-electron chi connectivity index (χ4n) is 1.53. The van der Waals surface area contributed by atoms with Crippen molar-refractivity contribution in [1.82, 2.24) is 9.29 Å². The van der Waals surface area contributed by atoms with Crippen molar-refractivity contribution in [1.29, 1.82) is 5.26 Å². The minimum absolute atomic E-state index is 0.0351. The fraction of sp³-hybridized carbons (Fsp3) is 0.417. The van der Waals surface area contributed by atoms with E-state index in [1.165, 1.54) is 6.20 Å². The van der Waals surface area contributed by atoms with E-state index in [-0.39, 0.29) is 19.5 Å². The summed E-state index contributed by atoms with van der Waals surface area (Å²) in [7, 11) is -3.71. The van der Waals surface area contributed by atoms with Gasteiger partial charge in [-0.15, -0.1) is 0 Å². The lowest BCUT2D eigenvalue weighted by Crippen LogP contribution is -2.34. The molecule has 0 bridgehead atoms. The van der Waals surface area contributed by atoms with Crippen LogP contribution in [-0.2, 0) is 21.4 Å². The average Bonchev–Trinajstić information content (AvgIpc) is 2.42. The van der Waals surface area contributed by atoms with Gasteiger partial charge < -0.3 is 5.11 Å². The number of carboxylic acids is 1. The van der Waals surface area contributed by atoms with Crippen molar-refractivity contribution in [2.24, 2.45) is 0 Å². The van der Waals surface area contributed by atoms with Gasteiger partial charge in [-0.05, 0) is 11.6 Å². The Labute approximate surface area is 117 Å². The van der Waals surface area contributed by atoms with Crippen LogP contribution in [0.3, 0.4) is 0 Å². The van der Waals surface area contributed by atoms with Crippen LogP contribution in [0, 0.1) is 11.3 Å². The van der Waals surface area contributed by atoms with E-state index in [0.717, 1.165) is 4.31 Å². The van der Waals surface area contributed by atoms with Crippen LogP contribution < -0.4 is 0 Å². The molecule has 0 amide bonds. The second kappa shape index (κ2) is 7.57. The monoisotopic (exact) mass is 297 g/mol. The van der Waals surface area contributed by atoms with E-state index in [1.54, 1.807) is 18.3 Å². The Hall–Kier alpha value is -1.98. The highest BCUT2D eigenvalue weighted by Crippen LogP contribution is 2.11. The smallest absolute Gasteiger partial charge is 0.304 e. The minimum atomic E-state index is -3.71. The van der Waals surface area contributed by atoms with Crippen molar-refractivity contribution in [2.45, 2.75) is 19.4 Å². The molecule has 0 spiro atoms. The first kappa shape index (κ1) is 16.1. The zero-order valence-electron chi connectivity index (χ0n) is 10.8. The maximum Gasteiger partial charge on any atom is 0.304 e. The van der Waals surface area contributed by atoms with Gasteiger partial charge in [0.1, 0.15) is 0 Å². The van der Waals surface area contributed by atoms with Crippen LogP contribution in [0.5, 0.6) is 0 Å². The summed E-state index contributed by atoms with van der Waals surface area (Å²) >= 11 is 0. The number of hydrogen-bond donors (Lipinski definition) is 1. The Morgan fingerprint density at radius 3 is 2.80 bits per heavy atom. The Morgan fingerprint density at radius 2 is 2.25 bits per heavy atom.